The maximum Gasteiger partial charge on any atom is 0.303 e. The van der Waals surface area contributed by atoms with Crippen LogP contribution < -0.4 is 4.74 Å². The number of hydrogen-bond acceptors (Lipinski definition) is 3. The first kappa shape index (κ1) is 19.3. The molecular weight excluding hydrogens is 364 g/mol. The second-order valence-electron chi connectivity index (χ2n) is 6.70. The first-order valence-electron chi connectivity index (χ1n) is 9.03. The van der Waals surface area contributed by atoms with E-state index in [4.69, 9.17) is 25.9 Å². The van der Waals surface area contributed by atoms with Gasteiger partial charge in [-0.2, -0.15) is 0 Å². The predicted octanol–water partition coefficient (Wildman–Crippen LogP) is 5.86. The van der Waals surface area contributed by atoms with E-state index in [9.17, 15) is 4.79 Å². The van der Waals surface area contributed by atoms with Gasteiger partial charge in [0.25, 0.3) is 0 Å². The molecule has 0 aliphatic rings. The van der Waals surface area contributed by atoms with Crippen LogP contribution in [0.5, 0.6) is 5.75 Å². The molecule has 0 aliphatic heterocycles. The van der Waals surface area contributed by atoms with Crippen LogP contribution in [0.4, 0.5) is 0 Å². The van der Waals surface area contributed by atoms with Crippen molar-refractivity contribution >= 4 is 28.5 Å². The molecule has 3 rings (SSSR count). The summed E-state index contributed by atoms with van der Waals surface area (Å²) in [5.74, 6) is 0.910. The Kier molecular flexibility index (Phi) is 5.76. The zero-order valence-corrected chi connectivity index (χ0v) is 16.5. The summed E-state index contributed by atoms with van der Waals surface area (Å²) >= 11 is 6.25. The SMILES string of the molecule is CCc1cc2cc(Cl)cc(COc3ccc(CCC(=O)O)c(C)c3C)c2o1. The number of hydrogen-bond donors (Lipinski definition) is 1. The van der Waals surface area contributed by atoms with E-state index >= 15 is 0 Å². The van der Waals surface area contributed by atoms with Crippen molar-refractivity contribution in [1.82, 2.24) is 0 Å². The molecule has 0 radical (unpaired) electrons. The summed E-state index contributed by atoms with van der Waals surface area (Å²) in [5, 5.41) is 10.5. The third-order valence-corrected chi connectivity index (χ3v) is 5.12. The number of aryl methyl sites for hydroxylation is 2. The van der Waals surface area contributed by atoms with Crippen LogP contribution in [0.2, 0.25) is 5.02 Å². The first-order valence-corrected chi connectivity index (χ1v) is 9.41. The third-order valence-electron chi connectivity index (χ3n) is 4.90. The van der Waals surface area contributed by atoms with Gasteiger partial charge in [0.1, 0.15) is 23.7 Å². The highest BCUT2D eigenvalue weighted by Crippen LogP contribution is 2.30. The third kappa shape index (κ3) is 4.28. The van der Waals surface area contributed by atoms with Crippen molar-refractivity contribution in [2.45, 2.75) is 46.6 Å². The van der Waals surface area contributed by atoms with Crippen LogP contribution in [0.25, 0.3) is 11.0 Å². The van der Waals surface area contributed by atoms with E-state index in [1.54, 1.807) is 0 Å². The molecule has 0 spiro atoms. The normalized spacial score (nSPS) is 11.1. The molecule has 5 heteroatoms. The fourth-order valence-corrected chi connectivity index (χ4v) is 3.45. The molecule has 142 valence electrons. The van der Waals surface area contributed by atoms with Crippen LogP contribution in [-0.4, -0.2) is 11.1 Å². The molecule has 0 saturated heterocycles. The molecule has 2 aromatic carbocycles. The molecule has 0 amide bonds. The van der Waals surface area contributed by atoms with Gasteiger partial charge in [-0.05, 0) is 61.2 Å². The number of furan rings is 1. The molecule has 27 heavy (non-hydrogen) atoms. The Hall–Kier alpha value is -2.46. The van der Waals surface area contributed by atoms with Crippen molar-refractivity contribution < 1.29 is 19.1 Å². The Morgan fingerprint density at radius 2 is 1.93 bits per heavy atom. The molecule has 3 aromatic rings. The van der Waals surface area contributed by atoms with Gasteiger partial charge in [0.15, 0.2) is 0 Å². The van der Waals surface area contributed by atoms with Crippen LogP contribution in [-0.2, 0) is 24.2 Å². The Balaban J connectivity index is 1.82. The highest BCUT2D eigenvalue weighted by Gasteiger charge is 2.13. The molecular formula is C22H23ClO4. The summed E-state index contributed by atoms with van der Waals surface area (Å²) in [6, 6.07) is 9.63. The van der Waals surface area contributed by atoms with Crippen molar-refractivity contribution in [3.63, 3.8) is 0 Å². The molecule has 0 atom stereocenters. The molecule has 1 aromatic heterocycles. The summed E-state index contributed by atoms with van der Waals surface area (Å²) in [6.07, 6.45) is 1.46. The van der Waals surface area contributed by atoms with Gasteiger partial charge in [-0.1, -0.05) is 24.6 Å². The molecule has 4 nitrogen and oxygen atoms in total. The number of fused-ring (bicyclic) bond motifs is 1. The number of rotatable bonds is 7. The number of aliphatic carboxylic acids is 1. The fraction of sp³-hybridized carbons (Fsp3) is 0.318. The van der Waals surface area contributed by atoms with Gasteiger partial charge in [0.05, 0.1) is 0 Å². The fourth-order valence-electron chi connectivity index (χ4n) is 3.20. The summed E-state index contributed by atoms with van der Waals surface area (Å²) in [7, 11) is 0. The molecule has 1 N–H and O–H groups in total. The van der Waals surface area contributed by atoms with Gasteiger partial charge in [0, 0.05) is 28.8 Å². The molecule has 0 unspecified atom stereocenters. The lowest BCUT2D eigenvalue weighted by Gasteiger charge is -2.14. The van der Waals surface area contributed by atoms with Gasteiger partial charge in [-0.15, -0.1) is 0 Å². The Morgan fingerprint density at radius 1 is 1.15 bits per heavy atom. The smallest absolute Gasteiger partial charge is 0.303 e. The van der Waals surface area contributed by atoms with Crippen molar-refractivity contribution in [1.29, 1.82) is 0 Å². The summed E-state index contributed by atoms with van der Waals surface area (Å²) in [4.78, 5) is 10.8. The van der Waals surface area contributed by atoms with Crippen LogP contribution in [0.15, 0.2) is 34.7 Å². The zero-order valence-electron chi connectivity index (χ0n) is 15.8. The van der Waals surface area contributed by atoms with Crippen molar-refractivity contribution in [3.05, 3.63) is 63.4 Å². The second kappa shape index (κ2) is 8.05. The average Bonchev–Trinajstić information content (AvgIpc) is 3.04. The van der Waals surface area contributed by atoms with E-state index in [1.807, 2.05) is 51.1 Å². The molecule has 0 bridgehead atoms. The van der Waals surface area contributed by atoms with Crippen LogP contribution >= 0.6 is 11.6 Å². The second-order valence-corrected chi connectivity index (χ2v) is 7.14. The predicted molar refractivity (Wildman–Crippen MR) is 107 cm³/mol. The largest absolute Gasteiger partial charge is 0.488 e. The van der Waals surface area contributed by atoms with Gasteiger partial charge >= 0.3 is 5.97 Å². The maximum absolute atomic E-state index is 10.8. The zero-order chi connectivity index (χ0) is 19.6. The molecule has 1 heterocycles. The van der Waals surface area contributed by atoms with Gasteiger partial charge in [-0.25, -0.2) is 0 Å². The number of carboxylic acid groups (broad SMARTS) is 1. The van der Waals surface area contributed by atoms with E-state index < -0.39 is 5.97 Å². The van der Waals surface area contributed by atoms with Gasteiger partial charge in [-0.3, -0.25) is 4.79 Å². The van der Waals surface area contributed by atoms with Gasteiger partial charge < -0.3 is 14.3 Å². The summed E-state index contributed by atoms with van der Waals surface area (Å²) < 4.78 is 12.0. The van der Waals surface area contributed by atoms with Gasteiger partial charge in [0.2, 0.25) is 0 Å². The lowest BCUT2D eigenvalue weighted by molar-refractivity contribution is -0.136. The first-order chi connectivity index (χ1) is 12.9. The summed E-state index contributed by atoms with van der Waals surface area (Å²) in [6.45, 7) is 6.39. The lowest BCUT2D eigenvalue weighted by Crippen LogP contribution is -2.03. The van der Waals surface area contributed by atoms with Crippen LogP contribution in [0.1, 0.15) is 41.4 Å². The molecule has 0 saturated carbocycles. The number of carbonyl (C=O) groups is 1. The Labute approximate surface area is 163 Å². The molecule has 0 fully saturated rings. The number of ether oxygens (including phenoxy) is 1. The minimum absolute atomic E-state index is 0.124. The highest BCUT2D eigenvalue weighted by molar-refractivity contribution is 6.31. The average molecular weight is 387 g/mol. The maximum atomic E-state index is 10.8. The van der Waals surface area contributed by atoms with Crippen molar-refractivity contribution in [3.8, 4) is 5.75 Å². The van der Waals surface area contributed by atoms with E-state index in [1.165, 1.54) is 0 Å². The minimum atomic E-state index is -0.790. The quantitative estimate of drug-likeness (QED) is 0.552. The van der Waals surface area contributed by atoms with Crippen molar-refractivity contribution in [2.24, 2.45) is 0 Å². The van der Waals surface area contributed by atoms with Crippen LogP contribution in [0.3, 0.4) is 0 Å². The van der Waals surface area contributed by atoms with Crippen LogP contribution in [0, 0.1) is 13.8 Å². The standard InChI is InChI=1S/C22H23ClO4/c1-4-19-11-16-9-18(23)10-17(22(16)27-19)12-26-20-7-5-15(6-8-21(24)25)13(2)14(20)3/h5,7,9-11H,4,6,8,12H2,1-3H3,(H,24,25). The topological polar surface area (TPSA) is 59.7 Å². The van der Waals surface area contributed by atoms with Crippen molar-refractivity contribution in [2.75, 3.05) is 0 Å². The van der Waals surface area contributed by atoms with E-state index in [-0.39, 0.29) is 6.42 Å². The van der Waals surface area contributed by atoms with E-state index in [0.29, 0.717) is 18.1 Å². The Morgan fingerprint density at radius 3 is 2.63 bits per heavy atom. The van der Waals surface area contributed by atoms with E-state index in [2.05, 4.69) is 0 Å². The number of halogens is 1. The van der Waals surface area contributed by atoms with E-state index in [0.717, 1.165) is 51.2 Å². The lowest BCUT2D eigenvalue weighted by atomic mass is 9.99. The minimum Gasteiger partial charge on any atom is -0.488 e. The summed E-state index contributed by atoms with van der Waals surface area (Å²) in [5.41, 5.74) is 4.83. The Bertz CT molecular complexity index is 988. The number of benzene rings is 2. The monoisotopic (exact) mass is 386 g/mol. The highest BCUT2D eigenvalue weighted by atomic mass is 35.5. The molecule has 0 aliphatic carbocycles. The number of carboxylic acids is 1.